The van der Waals surface area contributed by atoms with Gasteiger partial charge in [-0.2, -0.15) is 0 Å². The van der Waals surface area contributed by atoms with E-state index in [1.54, 1.807) is 7.11 Å². The SMILES string of the molecule is COC(c1cn(CC2CCCCO2)nn1)c1cc(N2CC(C)(C)C2)ccc1C. The van der Waals surface area contributed by atoms with Gasteiger partial charge in [0.2, 0.25) is 0 Å². The van der Waals surface area contributed by atoms with Crippen molar-refractivity contribution in [2.45, 2.75) is 58.8 Å². The first kappa shape index (κ1) is 19.4. The third kappa shape index (κ3) is 4.08. The molecule has 2 aromatic rings. The number of nitrogens with zero attached hydrogens (tertiary/aromatic N) is 4. The van der Waals surface area contributed by atoms with Crippen molar-refractivity contribution in [3.63, 3.8) is 0 Å². The molecule has 2 aliphatic rings. The van der Waals surface area contributed by atoms with Gasteiger partial charge in [-0.3, -0.25) is 0 Å². The second kappa shape index (κ2) is 7.84. The molecule has 28 heavy (non-hydrogen) atoms. The maximum Gasteiger partial charge on any atom is 0.128 e. The molecule has 2 atom stereocenters. The molecule has 2 saturated heterocycles. The molecule has 6 heteroatoms. The average Bonchev–Trinajstić information content (AvgIpc) is 3.11. The van der Waals surface area contributed by atoms with E-state index in [0.717, 1.165) is 50.3 Å². The first-order valence-corrected chi connectivity index (χ1v) is 10.4. The number of methoxy groups -OCH3 is 1. The smallest absolute Gasteiger partial charge is 0.128 e. The van der Waals surface area contributed by atoms with Gasteiger partial charge in [-0.05, 0) is 54.9 Å². The molecule has 2 fully saturated rings. The number of anilines is 1. The lowest BCUT2D eigenvalue weighted by atomic mass is 9.83. The summed E-state index contributed by atoms with van der Waals surface area (Å²) in [6.45, 7) is 10.5. The van der Waals surface area contributed by atoms with Crippen LogP contribution in [0, 0.1) is 12.3 Å². The largest absolute Gasteiger partial charge is 0.376 e. The van der Waals surface area contributed by atoms with Crippen molar-refractivity contribution >= 4 is 5.69 Å². The summed E-state index contributed by atoms with van der Waals surface area (Å²) in [4.78, 5) is 2.42. The lowest BCUT2D eigenvalue weighted by Gasteiger charge is -2.47. The number of aryl methyl sites for hydroxylation is 1. The highest BCUT2D eigenvalue weighted by Gasteiger charge is 2.34. The van der Waals surface area contributed by atoms with Crippen molar-refractivity contribution in [1.29, 1.82) is 0 Å². The Balaban J connectivity index is 1.52. The van der Waals surface area contributed by atoms with Crippen LogP contribution in [-0.2, 0) is 16.0 Å². The molecule has 6 nitrogen and oxygen atoms in total. The molecule has 3 heterocycles. The molecule has 152 valence electrons. The van der Waals surface area contributed by atoms with Crippen molar-refractivity contribution in [3.8, 4) is 0 Å². The van der Waals surface area contributed by atoms with Crippen LogP contribution in [0.5, 0.6) is 0 Å². The number of rotatable bonds is 6. The zero-order valence-electron chi connectivity index (χ0n) is 17.5. The topological polar surface area (TPSA) is 52.4 Å². The van der Waals surface area contributed by atoms with Gasteiger partial charge in [0, 0.05) is 32.5 Å². The molecule has 0 N–H and O–H groups in total. The Morgan fingerprint density at radius 3 is 2.79 bits per heavy atom. The molecule has 0 amide bonds. The van der Waals surface area contributed by atoms with Crippen molar-refractivity contribution in [2.24, 2.45) is 5.41 Å². The molecule has 0 bridgehead atoms. The highest BCUT2D eigenvalue weighted by molar-refractivity contribution is 5.54. The van der Waals surface area contributed by atoms with Gasteiger partial charge >= 0.3 is 0 Å². The van der Waals surface area contributed by atoms with E-state index >= 15 is 0 Å². The molecule has 4 rings (SSSR count). The summed E-state index contributed by atoms with van der Waals surface area (Å²) in [7, 11) is 1.74. The maximum absolute atomic E-state index is 5.87. The van der Waals surface area contributed by atoms with Crippen molar-refractivity contribution in [2.75, 3.05) is 31.7 Å². The van der Waals surface area contributed by atoms with Crippen LogP contribution < -0.4 is 4.90 Å². The molecule has 0 aliphatic carbocycles. The molecule has 2 aliphatic heterocycles. The fraction of sp³-hybridized carbons (Fsp3) is 0.636. The minimum Gasteiger partial charge on any atom is -0.376 e. The Labute approximate surface area is 167 Å². The molecule has 2 unspecified atom stereocenters. The van der Waals surface area contributed by atoms with Crippen LogP contribution >= 0.6 is 0 Å². The summed E-state index contributed by atoms with van der Waals surface area (Å²) in [6, 6.07) is 6.64. The van der Waals surface area contributed by atoms with Gasteiger partial charge in [0.25, 0.3) is 0 Å². The second-order valence-electron chi connectivity index (χ2n) is 9.03. The van der Waals surface area contributed by atoms with E-state index in [-0.39, 0.29) is 12.2 Å². The zero-order chi connectivity index (χ0) is 19.7. The lowest BCUT2D eigenvalue weighted by Crippen LogP contribution is -2.53. The number of ether oxygens (including phenoxy) is 2. The minimum atomic E-state index is -0.213. The van der Waals surface area contributed by atoms with Crippen molar-refractivity contribution in [1.82, 2.24) is 15.0 Å². The molecular formula is C22H32N4O2. The van der Waals surface area contributed by atoms with Gasteiger partial charge in [0.15, 0.2) is 0 Å². The standard InChI is InChI=1S/C22H32N4O2/c1-16-8-9-17(25-14-22(2,3)15-25)11-19(16)21(27-4)20-13-26(24-23-20)12-18-7-5-6-10-28-18/h8-9,11,13,18,21H,5-7,10,12,14-15H2,1-4H3. The summed E-state index contributed by atoms with van der Waals surface area (Å²) >= 11 is 0. The first-order valence-electron chi connectivity index (χ1n) is 10.4. The fourth-order valence-corrected chi connectivity index (χ4v) is 4.37. The van der Waals surface area contributed by atoms with E-state index in [0.29, 0.717) is 5.41 Å². The maximum atomic E-state index is 5.87. The number of hydrogen-bond acceptors (Lipinski definition) is 5. The van der Waals surface area contributed by atoms with E-state index in [9.17, 15) is 0 Å². The summed E-state index contributed by atoms with van der Waals surface area (Å²) in [6.07, 6.45) is 5.52. The third-order valence-corrected chi connectivity index (χ3v) is 5.87. The van der Waals surface area contributed by atoms with Gasteiger partial charge in [0.05, 0.1) is 18.8 Å². The van der Waals surface area contributed by atoms with Gasteiger partial charge in [-0.15, -0.1) is 5.10 Å². The van der Waals surface area contributed by atoms with Crippen LogP contribution in [0.1, 0.15) is 56.0 Å². The molecule has 0 spiro atoms. The third-order valence-electron chi connectivity index (χ3n) is 5.87. The van der Waals surface area contributed by atoms with Crippen LogP contribution in [0.15, 0.2) is 24.4 Å². The van der Waals surface area contributed by atoms with Crippen molar-refractivity contribution < 1.29 is 9.47 Å². The molecule has 0 saturated carbocycles. The highest BCUT2D eigenvalue weighted by atomic mass is 16.5. The normalized spacial score (nSPS) is 22.7. The molecule has 0 radical (unpaired) electrons. The predicted molar refractivity (Wildman–Crippen MR) is 110 cm³/mol. The molecule has 1 aromatic carbocycles. The quantitative estimate of drug-likeness (QED) is 0.759. The van der Waals surface area contributed by atoms with E-state index in [1.165, 1.54) is 17.7 Å². The van der Waals surface area contributed by atoms with Crippen LogP contribution in [0.4, 0.5) is 5.69 Å². The van der Waals surface area contributed by atoms with Crippen LogP contribution in [-0.4, -0.2) is 47.9 Å². The predicted octanol–water partition coefficient (Wildman–Crippen LogP) is 3.74. The first-order chi connectivity index (χ1) is 13.4. The van der Waals surface area contributed by atoms with E-state index in [4.69, 9.17) is 9.47 Å². The van der Waals surface area contributed by atoms with Crippen LogP contribution in [0.2, 0.25) is 0 Å². The fourth-order valence-electron chi connectivity index (χ4n) is 4.37. The summed E-state index contributed by atoms with van der Waals surface area (Å²) in [5, 5.41) is 8.76. The van der Waals surface area contributed by atoms with E-state index in [2.05, 4.69) is 54.2 Å². The molecule has 1 aromatic heterocycles. The Bertz CT molecular complexity index is 803. The van der Waals surface area contributed by atoms with E-state index in [1.807, 2.05) is 10.9 Å². The van der Waals surface area contributed by atoms with Crippen molar-refractivity contribution in [3.05, 3.63) is 41.2 Å². The minimum absolute atomic E-state index is 0.213. The Kier molecular flexibility index (Phi) is 5.43. The van der Waals surface area contributed by atoms with Gasteiger partial charge < -0.3 is 14.4 Å². The Hall–Kier alpha value is -1.92. The van der Waals surface area contributed by atoms with Crippen LogP contribution in [0.25, 0.3) is 0 Å². The monoisotopic (exact) mass is 384 g/mol. The highest BCUT2D eigenvalue weighted by Crippen LogP contribution is 2.36. The zero-order valence-corrected chi connectivity index (χ0v) is 17.5. The summed E-state index contributed by atoms with van der Waals surface area (Å²) < 4.78 is 13.6. The number of hydrogen-bond donors (Lipinski definition) is 0. The Morgan fingerprint density at radius 2 is 2.11 bits per heavy atom. The average molecular weight is 385 g/mol. The lowest BCUT2D eigenvalue weighted by molar-refractivity contribution is 0.00368. The molecular weight excluding hydrogens is 352 g/mol. The number of benzene rings is 1. The number of aromatic nitrogens is 3. The van der Waals surface area contributed by atoms with Gasteiger partial charge in [-0.25, -0.2) is 4.68 Å². The summed E-state index contributed by atoms with van der Waals surface area (Å²) in [5.74, 6) is 0. The Morgan fingerprint density at radius 1 is 1.29 bits per heavy atom. The second-order valence-corrected chi connectivity index (χ2v) is 9.03. The summed E-state index contributed by atoms with van der Waals surface area (Å²) in [5.41, 5.74) is 4.87. The van der Waals surface area contributed by atoms with E-state index < -0.39 is 0 Å². The van der Waals surface area contributed by atoms with Gasteiger partial charge in [0.1, 0.15) is 11.8 Å². The van der Waals surface area contributed by atoms with Gasteiger partial charge in [-0.1, -0.05) is 25.1 Å². The van der Waals surface area contributed by atoms with Crippen LogP contribution in [0.3, 0.4) is 0 Å².